The molecule has 154 valence electrons. The summed E-state index contributed by atoms with van der Waals surface area (Å²) in [5.41, 5.74) is 1.32. The minimum atomic E-state index is -2.23. The number of aliphatic hydroxyl groups is 1. The number of nitrogens with zero attached hydrogens (tertiary/aromatic N) is 2. The molecule has 1 N–H and O–H groups in total. The number of hydrogen-bond acceptors (Lipinski definition) is 8. The molecule has 0 aliphatic carbocycles. The van der Waals surface area contributed by atoms with E-state index < -0.39 is 17.9 Å². The molecule has 1 aromatic heterocycles. The van der Waals surface area contributed by atoms with Crippen LogP contribution in [0.5, 0.6) is 0 Å². The summed E-state index contributed by atoms with van der Waals surface area (Å²) < 4.78 is 28.2. The van der Waals surface area contributed by atoms with Gasteiger partial charge in [0.05, 0.1) is 12.1 Å². The fourth-order valence-corrected chi connectivity index (χ4v) is 3.82. The summed E-state index contributed by atoms with van der Waals surface area (Å²) >= 11 is 0. The van der Waals surface area contributed by atoms with Gasteiger partial charge in [0.15, 0.2) is 5.58 Å². The van der Waals surface area contributed by atoms with E-state index in [2.05, 4.69) is 10.1 Å². The molecule has 0 spiro atoms. The van der Waals surface area contributed by atoms with E-state index in [1.54, 1.807) is 6.07 Å². The van der Waals surface area contributed by atoms with Gasteiger partial charge in [-0.2, -0.15) is 0 Å². The topological polar surface area (TPSA) is 102 Å². The molecule has 1 aromatic carbocycles. The zero-order valence-corrected chi connectivity index (χ0v) is 15.7. The van der Waals surface area contributed by atoms with Crippen molar-refractivity contribution in [2.45, 2.75) is 37.6 Å². The van der Waals surface area contributed by atoms with Crippen molar-refractivity contribution in [3.8, 4) is 0 Å². The molecule has 1 saturated heterocycles. The van der Waals surface area contributed by atoms with Crippen molar-refractivity contribution in [1.29, 1.82) is 0 Å². The summed E-state index contributed by atoms with van der Waals surface area (Å²) in [6, 6.07) is 4.45. The summed E-state index contributed by atoms with van der Waals surface area (Å²) in [6.07, 6.45) is 4.06. The lowest BCUT2D eigenvalue weighted by molar-refractivity contribution is -0.322. The van der Waals surface area contributed by atoms with Gasteiger partial charge in [-0.1, -0.05) is 5.16 Å². The van der Waals surface area contributed by atoms with Crippen molar-refractivity contribution in [2.75, 3.05) is 19.6 Å². The Balaban J connectivity index is 1.28. The fourth-order valence-electron chi connectivity index (χ4n) is 3.82. The molecule has 1 fully saturated rings. The molecule has 29 heavy (non-hydrogen) atoms. The molecule has 3 heterocycles. The van der Waals surface area contributed by atoms with Crippen molar-refractivity contribution < 1.29 is 33.1 Å². The van der Waals surface area contributed by atoms with Gasteiger partial charge in [0, 0.05) is 29.5 Å². The number of aromatic nitrogens is 1. The van der Waals surface area contributed by atoms with E-state index in [9.17, 15) is 19.1 Å². The van der Waals surface area contributed by atoms with Crippen LogP contribution in [0.1, 0.15) is 37.3 Å². The maximum atomic E-state index is 13.3. The zero-order valence-electron chi connectivity index (χ0n) is 15.7. The molecule has 0 radical (unpaired) electrons. The van der Waals surface area contributed by atoms with Gasteiger partial charge in [0.1, 0.15) is 5.82 Å². The lowest BCUT2D eigenvalue weighted by Gasteiger charge is -2.32. The average Bonchev–Trinajstić information content (AvgIpc) is 3.04. The molecule has 4 rings (SSSR count). The minimum Gasteiger partial charge on any atom is -0.395 e. The molecular formula is C20H21FN2O6. The van der Waals surface area contributed by atoms with Crippen LogP contribution in [-0.4, -0.2) is 52.7 Å². The number of benzene rings is 1. The maximum Gasteiger partial charge on any atom is 0.373 e. The number of rotatable bonds is 5. The molecule has 0 atom stereocenters. The van der Waals surface area contributed by atoms with Crippen LogP contribution >= 0.6 is 0 Å². The Hall–Kier alpha value is -2.78. The van der Waals surface area contributed by atoms with Crippen LogP contribution < -0.4 is 0 Å². The van der Waals surface area contributed by atoms with Gasteiger partial charge in [0.25, 0.3) is 0 Å². The zero-order chi connectivity index (χ0) is 20.4. The Morgan fingerprint density at radius 1 is 1.17 bits per heavy atom. The molecule has 0 unspecified atom stereocenters. The standard InChI is InChI=1S/C20H21FN2O6/c21-14-2-3-15-16(12-14)29-22-19(15)13-6-10-23(11-7-13)9-1-8-20(26)27-17(24)4-5-18(25)28-20/h2-5,12-13,26H,1,6-11H2. The SMILES string of the molecule is O=C1C=CC(=O)OC(O)(CCCN2CCC(c3noc4cc(F)ccc34)CC2)O1. The smallest absolute Gasteiger partial charge is 0.373 e. The Morgan fingerprint density at radius 2 is 1.86 bits per heavy atom. The highest BCUT2D eigenvalue weighted by atomic mass is 19.1. The molecule has 0 bridgehead atoms. The Bertz CT molecular complexity index is 928. The number of fused-ring (bicyclic) bond motifs is 1. The van der Waals surface area contributed by atoms with Gasteiger partial charge < -0.3 is 24.0 Å². The fraction of sp³-hybridized carbons (Fsp3) is 0.450. The Kier molecular flexibility index (Phi) is 5.33. The quantitative estimate of drug-likeness (QED) is 0.757. The molecule has 2 aliphatic heterocycles. The third-order valence-corrected chi connectivity index (χ3v) is 5.28. The van der Waals surface area contributed by atoms with E-state index in [0.717, 1.165) is 49.2 Å². The van der Waals surface area contributed by atoms with Gasteiger partial charge in [-0.3, -0.25) is 0 Å². The number of carbonyl (C=O) groups is 2. The largest absolute Gasteiger partial charge is 0.395 e. The summed E-state index contributed by atoms with van der Waals surface area (Å²) in [5.74, 6) is -3.99. The van der Waals surface area contributed by atoms with E-state index in [1.165, 1.54) is 12.1 Å². The Labute approximate surface area is 165 Å². The molecular weight excluding hydrogens is 383 g/mol. The lowest BCUT2D eigenvalue weighted by Crippen LogP contribution is -2.40. The van der Waals surface area contributed by atoms with Crippen LogP contribution in [-0.2, 0) is 19.1 Å². The second-order valence-electron chi connectivity index (χ2n) is 7.32. The third-order valence-electron chi connectivity index (χ3n) is 5.28. The van der Waals surface area contributed by atoms with E-state index in [4.69, 9.17) is 14.0 Å². The predicted molar refractivity (Wildman–Crippen MR) is 97.9 cm³/mol. The predicted octanol–water partition coefficient (Wildman–Crippen LogP) is 2.23. The normalized spacial score (nSPS) is 20.5. The minimum absolute atomic E-state index is 0.00836. The first kappa shape index (κ1) is 19.5. The van der Waals surface area contributed by atoms with Crippen LogP contribution in [0, 0.1) is 5.82 Å². The molecule has 0 saturated carbocycles. The van der Waals surface area contributed by atoms with Gasteiger partial charge >= 0.3 is 17.9 Å². The molecule has 2 aromatic rings. The molecule has 2 aliphatic rings. The van der Waals surface area contributed by atoms with Crippen LogP contribution in [0.2, 0.25) is 0 Å². The summed E-state index contributed by atoms with van der Waals surface area (Å²) in [5, 5.41) is 15.2. The number of halogens is 1. The number of cyclic esters (lactones) is 2. The highest BCUT2D eigenvalue weighted by Gasteiger charge is 2.37. The van der Waals surface area contributed by atoms with Crippen molar-refractivity contribution >= 4 is 22.9 Å². The number of ether oxygens (including phenoxy) is 2. The monoisotopic (exact) mass is 404 g/mol. The van der Waals surface area contributed by atoms with Crippen LogP contribution in [0.15, 0.2) is 34.9 Å². The lowest BCUT2D eigenvalue weighted by atomic mass is 9.91. The summed E-state index contributed by atoms with van der Waals surface area (Å²) in [4.78, 5) is 25.1. The van der Waals surface area contributed by atoms with E-state index >= 15 is 0 Å². The summed E-state index contributed by atoms with van der Waals surface area (Å²) in [7, 11) is 0. The first-order chi connectivity index (χ1) is 13.9. The average molecular weight is 404 g/mol. The number of carbonyl (C=O) groups excluding carboxylic acids is 2. The highest BCUT2D eigenvalue weighted by Crippen LogP contribution is 2.33. The van der Waals surface area contributed by atoms with Crippen molar-refractivity contribution in [3.05, 3.63) is 41.9 Å². The maximum absolute atomic E-state index is 13.3. The number of esters is 2. The van der Waals surface area contributed by atoms with Crippen molar-refractivity contribution in [2.24, 2.45) is 0 Å². The molecule has 9 heteroatoms. The van der Waals surface area contributed by atoms with E-state index in [-0.39, 0.29) is 18.2 Å². The summed E-state index contributed by atoms with van der Waals surface area (Å²) in [6.45, 7) is 2.29. The number of hydrogen-bond donors (Lipinski definition) is 1. The van der Waals surface area contributed by atoms with Crippen molar-refractivity contribution in [1.82, 2.24) is 10.1 Å². The van der Waals surface area contributed by atoms with Gasteiger partial charge in [-0.15, -0.1) is 0 Å². The molecule has 0 amide bonds. The van der Waals surface area contributed by atoms with Gasteiger partial charge in [-0.25, -0.2) is 14.0 Å². The van der Waals surface area contributed by atoms with Gasteiger partial charge in [0.2, 0.25) is 0 Å². The third kappa shape index (κ3) is 4.46. The van der Waals surface area contributed by atoms with Crippen LogP contribution in [0.3, 0.4) is 0 Å². The second kappa shape index (κ2) is 7.92. The van der Waals surface area contributed by atoms with Gasteiger partial charge in [-0.05, 0) is 51.0 Å². The first-order valence-electron chi connectivity index (χ1n) is 9.55. The van der Waals surface area contributed by atoms with E-state index in [0.29, 0.717) is 18.5 Å². The van der Waals surface area contributed by atoms with Crippen LogP contribution in [0.25, 0.3) is 11.0 Å². The molecule has 8 nitrogen and oxygen atoms in total. The van der Waals surface area contributed by atoms with Crippen molar-refractivity contribution in [3.63, 3.8) is 0 Å². The highest BCUT2D eigenvalue weighted by molar-refractivity contribution is 5.93. The second-order valence-corrected chi connectivity index (χ2v) is 7.32. The van der Waals surface area contributed by atoms with Crippen LogP contribution in [0.4, 0.5) is 4.39 Å². The number of piperidine rings is 1. The van der Waals surface area contributed by atoms with E-state index in [1.807, 2.05) is 0 Å². The Morgan fingerprint density at radius 3 is 2.55 bits per heavy atom. The first-order valence-corrected chi connectivity index (χ1v) is 9.55. The number of likely N-dealkylation sites (tertiary alicyclic amines) is 1.